The van der Waals surface area contributed by atoms with E-state index in [4.69, 9.17) is 10.5 Å². The van der Waals surface area contributed by atoms with E-state index in [1.54, 1.807) is 0 Å². The molecule has 5 nitrogen and oxygen atoms in total. The Bertz CT molecular complexity index is 524. The molecule has 0 spiro atoms. The molecule has 2 aromatic rings. The molecular formula is C11H16N4O. The minimum Gasteiger partial charge on any atom is -0.472 e. The second-order valence-electron chi connectivity index (χ2n) is 4.78. The minimum absolute atomic E-state index is 0.265. The van der Waals surface area contributed by atoms with E-state index in [9.17, 15) is 0 Å². The van der Waals surface area contributed by atoms with Crippen molar-refractivity contribution in [2.75, 3.05) is 5.73 Å². The van der Waals surface area contributed by atoms with Gasteiger partial charge in [-0.3, -0.25) is 0 Å². The maximum Gasteiger partial charge on any atom is 0.221 e. The summed E-state index contributed by atoms with van der Waals surface area (Å²) in [6.45, 7) is 5.99. The maximum absolute atomic E-state index is 5.86. The molecule has 0 fully saturated rings. The van der Waals surface area contributed by atoms with Crippen LogP contribution in [0.3, 0.4) is 0 Å². The molecule has 2 rings (SSSR count). The molecule has 2 heterocycles. The van der Waals surface area contributed by atoms with Gasteiger partial charge < -0.3 is 15.0 Å². The highest BCUT2D eigenvalue weighted by Crippen LogP contribution is 2.30. The molecule has 0 amide bonds. The molecule has 0 radical (unpaired) electrons. The molecule has 5 heteroatoms. The molecule has 0 aromatic carbocycles. The molecule has 0 aliphatic rings. The van der Waals surface area contributed by atoms with Crippen molar-refractivity contribution in [2.24, 2.45) is 7.05 Å². The van der Waals surface area contributed by atoms with Crippen LogP contribution in [0.25, 0.3) is 10.9 Å². The first-order valence-corrected chi connectivity index (χ1v) is 5.13. The number of hydrogen-bond acceptors (Lipinski definition) is 4. The number of nitrogens with zero attached hydrogens (tertiary/aromatic N) is 3. The standard InChI is InChI=1S/C11H16N4O/c1-11(2,3)16-10-8-7(5-15(10)4)9(12)14-6-13-8/h5-6H,1-4H3,(H2,12,13,14). The summed E-state index contributed by atoms with van der Waals surface area (Å²) < 4.78 is 7.73. The number of nitrogens with two attached hydrogens (primary N) is 1. The summed E-state index contributed by atoms with van der Waals surface area (Å²) in [7, 11) is 1.90. The van der Waals surface area contributed by atoms with Crippen LogP contribution in [0.5, 0.6) is 5.88 Å². The SMILES string of the molecule is Cn1cc2c(N)ncnc2c1OC(C)(C)C. The Hall–Kier alpha value is -1.78. The lowest BCUT2D eigenvalue weighted by Gasteiger charge is -2.21. The van der Waals surface area contributed by atoms with Crippen molar-refractivity contribution < 1.29 is 4.74 Å². The van der Waals surface area contributed by atoms with Gasteiger partial charge in [-0.1, -0.05) is 0 Å². The van der Waals surface area contributed by atoms with Crippen molar-refractivity contribution >= 4 is 16.7 Å². The summed E-state index contributed by atoms with van der Waals surface area (Å²) >= 11 is 0. The van der Waals surface area contributed by atoms with Crippen LogP contribution in [0.4, 0.5) is 5.82 Å². The van der Waals surface area contributed by atoms with Crippen LogP contribution in [0.15, 0.2) is 12.5 Å². The molecule has 0 bridgehead atoms. The smallest absolute Gasteiger partial charge is 0.221 e. The quantitative estimate of drug-likeness (QED) is 0.794. The first-order valence-electron chi connectivity index (χ1n) is 5.13. The van der Waals surface area contributed by atoms with Gasteiger partial charge in [0.05, 0.1) is 5.39 Å². The lowest BCUT2D eigenvalue weighted by molar-refractivity contribution is 0.121. The van der Waals surface area contributed by atoms with Gasteiger partial charge in [-0.05, 0) is 20.8 Å². The van der Waals surface area contributed by atoms with Gasteiger partial charge in [0.2, 0.25) is 5.88 Å². The molecule has 2 aromatic heterocycles. The summed E-state index contributed by atoms with van der Waals surface area (Å²) in [5.74, 6) is 1.20. The Morgan fingerprint density at radius 1 is 1.31 bits per heavy atom. The van der Waals surface area contributed by atoms with Gasteiger partial charge in [-0.2, -0.15) is 0 Å². The monoisotopic (exact) mass is 220 g/mol. The number of anilines is 1. The fraction of sp³-hybridized carbons (Fsp3) is 0.455. The Kier molecular flexibility index (Phi) is 2.26. The van der Waals surface area contributed by atoms with Gasteiger partial charge in [-0.15, -0.1) is 0 Å². The van der Waals surface area contributed by atoms with Crippen molar-refractivity contribution in [2.45, 2.75) is 26.4 Å². The molecule has 86 valence electrons. The van der Waals surface area contributed by atoms with Crippen LogP contribution in [-0.2, 0) is 7.05 Å². The zero-order valence-electron chi connectivity index (χ0n) is 9.98. The molecule has 0 saturated heterocycles. The van der Waals surface area contributed by atoms with Gasteiger partial charge in [0, 0.05) is 13.2 Å². The third-order valence-electron chi connectivity index (χ3n) is 2.16. The molecule has 0 atom stereocenters. The molecule has 0 aliphatic heterocycles. The van der Waals surface area contributed by atoms with E-state index in [1.165, 1.54) is 6.33 Å². The van der Waals surface area contributed by atoms with Crippen LogP contribution < -0.4 is 10.5 Å². The number of nitrogen functional groups attached to an aromatic ring is 1. The topological polar surface area (TPSA) is 66.0 Å². The highest BCUT2D eigenvalue weighted by atomic mass is 16.5. The first kappa shape index (κ1) is 10.7. The van der Waals surface area contributed by atoms with E-state index in [1.807, 2.05) is 38.6 Å². The largest absolute Gasteiger partial charge is 0.472 e. The predicted molar refractivity (Wildman–Crippen MR) is 63.3 cm³/mol. The van der Waals surface area contributed by atoms with Gasteiger partial charge in [0.15, 0.2) is 0 Å². The Balaban J connectivity index is 2.61. The predicted octanol–water partition coefficient (Wildman–Crippen LogP) is 1.73. The molecule has 0 unspecified atom stereocenters. The second kappa shape index (κ2) is 3.37. The fourth-order valence-electron chi connectivity index (χ4n) is 1.54. The van der Waals surface area contributed by atoms with Crippen LogP contribution in [-0.4, -0.2) is 20.1 Å². The van der Waals surface area contributed by atoms with Crippen molar-refractivity contribution in [3.8, 4) is 5.88 Å². The summed E-state index contributed by atoms with van der Waals surface area (Å²) in [6, 6.07) is 0. The van der Waals surface area contributed by atoms with E-state index in [0.717, 1.165) is 16.8 Å². The number of hydrogen-bond donors (Lipinski definition) is 1. The number of fused-ring (bicyclic) bond motifs is 1. The molecular weight excluding hydrogens is 204 g/mol. The lowest BCUT2D eigenvalue weighted by Crippen LogP contribution is -2.24. The van der Waals surface area contributed by atoms with Crippen molar-refractivity contribution in [3.63, 3.8) is 0 Å². The van der Waals surface area contributed by atoms with E-state index < -0.39 is 0 Å². The van der Waals surface area contributed by atoms with Gasteiger partial charge >= 0.3 is 0 Å². The van der Waals surface area contributed by atoms with Gasteiger partial charge in [0.1, 0.15) is 23.3 Å². The average molecular weight is 220 g/mol. The van der Waals surface area contributed by atoms with Crippen molar-refractivity contribution in [3.05, 3.63) is 12.5 Å². The Morgan fingerprint density at radius 3 is 2.62 bits per heavy atom. The molecule has 0 saturated carbocycles. The maximum atomic E-state index is 5.86. The first-order chi connectivity index (χ1) is 7.38. The van der Waals surface area contributed by atoms with Crippen LogP contribution in [0.1, 0.15) is 20.8 Å². The zero-order chi connectivity index (χ0) is 11.9. The van der Waals surface area contributed by atoms with Crippen LogP contribution in [0.2, 0.25) is 0 Å². The third-order valence-corrected chi connectivity index (χ3v) is 2.16. The second-order valence-corrected chi connectivity index (χ2v) is 4.78. The molecule has 2 N–H and O–H groups in total. The Labute approximate surface area is 94.2 Å². The van der Waals surface area contributed by atoms with Gasteiger partial charge in [-0.25, -0.2) is 9.97 Å². The van der Waals surface area contributed by atoms with Gasteiger partial charge in [0.25, 0.3) is 0 Å². The number of aryl methyl sites for hydroxylation is 1. The number of rotatable bonds is 1. The Morgan fingerprint density at radius 2 is 2.00 bits per heavy atom. The summed E-state index contributed by atoms with van der Waals surface area (Å²) in [5.41, 5.74) is 6.27. The van der Waals surface area contributed by atoms with Crippen molar-refractivity contribution in [1.82, 2.24) is 14.5 Å². The van der Waals surface area contributed by atoms with E-state index in [0.29, 0.717) is 5.82 Å². The summed E-state index contributed by atoms with van der Waals surface area (Å²) in [5, 5.41) is 0.823. The lowest BCUT2D eigenvalue weighted by atomic mass is 10.2. The zero-order valence-corrected chi connectivity index (χ0v) is 9.98. The summed E-state index contributed by atoms with van der Waals surface area (Å²) in [6.07, 6.45) is 3.33. The van der Waals surface area contributed by atoms with E-state index in [2.05, 4.69) is 9.97 Å². The molecule has 16 heavy (non-hydrogen) atoms. The third kappa shape index (κ3) is 1.80. The highest BCUT2D eigenvalue weighted by molar-refractivity contribution is 5.91. The number of ether oxygens (including phenoxy) is 1. The van der Waals surface area contributed by atoms with Crippen molar-refractivity contribution in [1.29, 1.82) is 0 Å². The minimum atomic E-state index is -0.265. The highest BCUT2D eigenvalue weighted by Gasteiger charge is 2.19. The van der Waals surface area contributed by atoms with E-state index in [-0.39, 0.29) is 5.60 Å². The summed E-state index contributed by atoms with van der Waals surface area (Å²) in [4.78, 5) is 8.17. The fourth-order valence-corrected chi connectivity index (χ4v) is 1.54. The average Bonchev–Trinajstić information content (AvgIpc) is 2.44. The normalized spacial score (nSPS) is 12.0. The van der Waals surface area contributed by atoms with Crippen LogP contribution >= 0.6 is 0 Å². The number of aromatic nitrogens is 3. The van der Waals surface area contributed by atoms with Crippen LogP contribution in [0, 0.1) is 0 Å². The van der Waals surface area contributed by atoms with E-state index >= 15 is 0 Å². The molecule has 0 aliphatic carbocycles.